The predicted molar refractivity (Wildman–Crippen MR) is 136 cm³/mol. The Bertz CT molecular complexity index is 1140. The Morgan fingerprint density at radius 2 is 1.76 bits per heavy atom. The second-order valence-corrected chi connectivity index (χ2v) is 9.31. The molecule has 0 bridgehead atoms. The number of likely N-dealkylation sites (tertiary alicyclic amines) is 1. The molecule has 34 heavy (non-hydrogen) atoms. The molecule has 3 aromatic carbocycles. The van der Waals surface area contributed by atoms with Gasteiger partial charge in [-0.05, 0) is 89.8 Å². The average Bonchev–Trinajstić information content (AvgIpc) is 3.22. The van der Waals surface area contributed by atoms with Crippen molar-refractivity contribution in [1.29, 1.82) is 0 Å². The molecule has 3 aromatic rings. The van der Waals surface area contributed by atoms with Crippen molar-refractivity contribution in [2.75, 3.05) is 26.3 Å². The summed E-state index contributed by atoms with van der Waals surface area (Å²) in [5.74, 6) is 1.20. The van der Waals surface area contributed by atoms with Gasteiger partial charge in [0.1, 0.15) is 17.6 Å². The summed E-state index contributed by atoms with van der Waals surface area (Å²) in [6.07, 6.45) is 4.72. The van der Waals surface area contributed by atoms with Gasteiger partial charge in [0, 0.05) is 19.6 Å². The molecule has 5 rings (SSSR count). The molecule has 0 saturated carbocycles. The van der Waals surface area contributed by atoms with Crippen molar-refractivity contribution in [2.24, 2.45) is 0 Å². The number of hydrogen-bond acceptors (Lipinski definition) is 3. The van der Waals surface area contributed by atoms with Gasteiger partial charge >= 0.3 is 0 Å². The number of benzene rings is 3. The molecule has 1 N–H and O–H groups in total. The number of rotatable bonds is 7. The van der Waals surface area contributed by atoms with Gasteiger partial charge < -0.3 is 9.84 Å². The van der Waals surface area contributed by atoms with E-state index in [-0.39, 0.29) is 12.8 Å². The fourth-order valence-electron chi connectivity index (χ4n) is 5.30. The van der Waals surface area contributed by atoms with E-state index in [1.165, 1.54) is 27.8 Å². The van der Waals surface area contributed by atoms with E-state index in [1.54, 1.807) is 6.07 Å². The van der Waals surface area contributed by atoms with Gasteiger partial charge in [0.05, 0.1) is 6.67 Å². The number of nitrogens with zero attached hydrogens (tertiary/aromatic N) is 1. The highest BCUT2D eigenvalue weighted by Gasteiger charge is 2.24. The lowest BCUT2D eigenvalue weighted by Crippen LogP contribution is -2.26. The molecular formula is C30H32FNO2. The van der Waals surface area contributed by atoms with Crippen molar-refractivity contribution in [3.8, 4) is 11.5 Å². The van der Waals surface area contributed by atoms with E-state index in [9.17, 15) is 9.50 Å². The zero-order chi connectivity index (χ0) is 23.3. The van der Waals surface area contributed by atoms with Crippen LogP contribution in [-0.4, -0.2) is 42.4 Å². The van der Waals surface area contributed by atoms with E-state index in [0.717, 1.165) is 56.6 Å². The fourth-order valence-corrected chi connectivity index (χ4v) is 5.30. The molecule has 3 nitrogen and oxygen atoms in total. The molecule has 4 heteroatoms. The van der Waals surface area contributed by atoms with Crippen LogP contribution in [0.1, 0.15) is 47.9 Å². The molecule has 0 amide bonds. The van der Waals surface area contributed by atoms with Gasteiger partial charge in [-0.25, -0.2) is 0 Å². The molecule has 1 heterocycles. The number of aryl methyl sites for hydroxylation is 1. The lowest BCUT2D eigenvalue weighted by Gasteiger charge is -2.18. The molecule has 2 aliphatic rings. The largest absolute Gasteiger partial charge is 0.508 e. The zero-order valence-electron chi connectivity index (χ0n) is 19.6. The van der Waals surface area contributed by atoms with Gasteiger partial charge in [-0.3, -0.25) is 9.29 Å². The maximum atomic E-state index is 12.5. The first-order valence-corrected chi connectivity index (χ1v) is 12.4. The lowest BCUT2D eigenvalue weighted by atomic mass is 9.88. The Hall–Kier alpha value is -3.11. The highest BCUT2D eigenvalue weighted by molar-refractivity contribution is 6.00. The van der Waals surface area contributed by atoms with Gasteiger partial charge in [0.25, 0.3) is 0 Å². The minimum atomic E-state index is -0.257. The maximum absolute atomic E-state index is 12.5. The smallest absolute Gasteiger partial charge is 0.119 e. The fraction of sp³-hybridized carbons (Fsp3) is 0.333. The summed E-state index contributed by atoms with van der Waals surface area (Å²) in [5, 5.41) is 10.1. The van der Waals surface area contributed by atoms with Gasteiger partial charge in [-0.1, -0.05) is 48.5 Å². The molecule has 0 radical (unpaired) electrons. The van der Waals surface area contributed by atoms with Crippen molar-refractivity contribution in [2.45, 2.75) is 38.2 Å². The molecule has 176 valence electrons. The van der Waals surface area contributed by atoms with Crippen LogP contribution in [-0.2, 0) is 6.42 Å². The first-order valence-electron chi connectivity index (χ1n) is 12.4. The maximum Gasteiger partial charge on any atom is 0.119 e. The third-order valence-corrected chi connectivity index (χ3v) is 6.94. The summed E-state index contributed by atoms with van der Waals surface area (Å²) in [6.45, 7) is 2.38. The van der Waals surface area contributed by atoms with E-state index in [0.29, 0.717) is 12.2 Å². The summed E-state index contributed by atoms with van der Waals surface area (Å²) >= 11 is 0. The minimum Gasteiger partial charge on any atom is -0.508 e. The third kappa shape index (κ3) is 5.02. The molecule has 1 unspecified atom stereocenters. The van der Waals surface area contributed by atoms with Crippen molar-refractivity contribution in [1.82, 2.24) is 4.90 Å². The number of aromatic hydroxyl groups is 1. The van der Waals surface area contributed by atoms with Crippen LogP contribution >= 0.6 is 0 Å². The zero-order valence-corrected chi connectivity index (χ0v) is 19.6. The second-order valence-electron chi connectivity index (χ2n) is 9.31. The number of hydrogen-bond donors (Lipinski definition) is 1. The van der Waals surface area contributed by atoms with E-state index in [1.807, 2.05) is 6.07 Å². The van der Waals surface area contributed by atoms with Crippen molar-refractivity contribution in [3.05, 3.63) is 95.1 Å². The molecule has 0 spiro atoms. The molecule has 1 saturated heterocycles. The Morgan fingerprint density at radius 3 is 2.56 bits per heavy atom. The van der Waals surface area contributed by atoms with Gasteiger partial charge in [-0.2, -0.15) is 0 Å². The molecule has 0 aromatic heterocycles. The van der Waals surface area contributed by atoms with E-state index < -0.39 is 0 Å². The number of ether oxygens (including phenoxy) is 1. The summed E-state index contributed by atoms with van der Waals surface area (Å²) in [7, 11) is 0. The van der Waals surface area contributed by atoms with Gasteiger partial charge in [0.2, 0.25) is 0 Å². The highest BCUT2D eigenvalue weighted by atomic mass is 19.1. The van der Waals surface area contributed by atoms with E-state index in [2.05, 4.69) is 65.6 Å². The monoisotopic (exact) mass is 457 g/mol. The number of fused-ring (bicyclic) bond motifs is 1. The van der Waals surface area contributed by atoms with Crippen LogP contribution in [0.3, 0.4) is 0 Å². The van der Waals surface area contributed by atoms with Crippen LogP contribution in [0.25, 0.3) is 11.1 Å². The minimum absolute atomic E-state index is 0.158. The standard InChI is InChI=1S/C30H32FNO2/c31-17-5-18-32-19-16-27(21-32)34-26-13-10-23(11-14-26)30-28(22-6-2-1-3-7-22)9-4-8-24-20-25(33)12-15-29(24)30/h1-3,6-7,10-15,20,27,33H,4-5,8-9,16-19,21H2. The highest BCUT2D eigenvalue weighted by Crippen LogP contribution is 2.41. The number of halogens is 1. The Kier molecular flexibility index (Phi) is 6.96. The first kappa shape index (κ1) is 22.7. The third-order valence-electron chi connectivity index (χ3n) is 6.94. The summed E-state index contributed by atoms with van der Waals surface area (Å²) in [5.41, 5.74) is 7.39. The van der Waals surface area contributed by atoms with Crippen LogP contribution in [0.2, 0.25) is 0 Å². The topological polar surface area (TPSA) is 32.7 Å². The Balaban J connectivity index is 1.45. The lowest BCUT2D eigenvalue weighted by molar-refractivity contribution is 0.198. The predicted octanol–water partition coefficient (Wildman–Crippen LogP) is 6.50. The SMILES string of the molecule is Oc1ccc2c(c1)CCCC(c1ccccc1)=C2c1ccc(OC2CCN(CCCF)C2)cc1. The van der Waals surface area contributed by atoms with Crippen molar-refractivity contribution >= 4 is 11.1 Å². The number of phenols is 1. The number of allylic oxidation sites excluding steroid dienone is 1. The Labute approximate surface area is 201 Å². The molecule has 1 atom stereocenters. The van der Waals surface area contributed by atoms with Crippen LogP contribution in [0.4, 0.5) is 4.39 Å². The molecular weight excluding hydrogens is 425 g/mol. The summed E-state index contributed by atoms with van der Waals surface area (Å²) in [4.78, 5) is 2.29. The van der Waals surface area contributed by atoms with Gasteiger partial charge in [-0.15, -0.1) is 0 Å². The van der Waals surface area contributed by atoms with Crippen LogP contribution < -0.4 is 4.74 Å². The molecule has 1 fully saturated rings. The average molecular weight is 458 g/mol. The van der Waals surface area contributed by atoms with Gasteiger partial charge in [0.15, 0.2) is 0 Å². The normalized spacial score (nSPS) is 18.6. The van der Waals surface area contributed by atoms with E-state index in [4.69, 9.17) is 4.74 Å². The van der Waals surface area contributed by atoms with Crippen LogP contribution in [0.15, 0.2) is 72.8 Å². The second kappa shape index (κ2) is 10.4. The first-order chi connectivity index (χ1) is 16.7. The quantitative estimate of drug-likeness (QED) is 0.440. The van der Waals surface area contributed by atoms with Crippen LogP contribution in [0.5, 0.6) is 11.5 Å². The van der Waals surface area contributed by atoms with Crippen molar-refractivity contribution < 1.29 is 14.2 Å². The number of alkyl halides is 1. The summed E-state index contributed by atoms with van der Waals surface area (Å²) in [6, 6.07) is 24.8. The molecule has 1 aliphatic heterocycles. The van der Waals surface area contributed by atoms with Crippen LogP contribution in [0, 0.1) is 0 Å². The van der Waals surface area contributed by atoms with E-state index >= 15 is 0 Å². The molecule has 1 aliphatic carbocycles. The number of phenolic OH excluding ortho intramolecular Hbond substituents is 1. The summed E-state index contributed by atoms with van der Waals surface area (Å²) < 4.78 is 18.7. The Morgan fingerprint density at radius 1 is 0.941 bits per heavy atom. The van der Waals surface area contributed by atoms with Crippen molar-refractivity contribution in [3.63, 3.8) is 0 Å².